The zero-order valence-electron chi connectivity index (χ0n) is 14.8. The van der Waals surface area contributed by atoms with Crippen molar-refractivity contribution in [3.63, 3.8) is 0 Å². The highest BCUT2D eigenvalue weighted by Gasteiger charge is 2.27. The van der Waals surface area contributed by atoms with Crippen LogP contribution in [0.2, 0.25) is 5.02 Å². The van der Waals surface area contributed by atoms with E-state index >= 15 is 0 Å². The van der Waals surface area contributed by atoms with Gasteiger partial charge in [-0.2, -0.15) is 0 Å². The van der Waals surface area contributed by atoms with Gasteiger partial charge in [-0.05, 0) is 42.8 Å². The van der Waals surface area contributed by atoms with Crippen LogP contribution in [0.3, 0.4) is 0 Å². The van der Waals surface area contributed by atoms with E-state index in [1.54, 1.807) is 25.1 Å². The molecule has 1 aliphatic heterocycles. The predicted molar refractivity (Wildman–Crippen MR) is 100 cm³/mol. The van der Waals surface area contributed by atoms with Gasteiger partial charge in [-0.3, -0.25) is 24.2 Å². The summed E-state index contributed by atoms with van der Waals surface area (Å²) in [6, 6.07) is 7.69. The number of hydrogen-bond acceptors (Lipinski definition) is 6. The maximum Gasteiger partial charge on any atom is 0.325 e. The van der Waals surface area contributed by atoms with Gasteiger partial charge in [-0.1, -0.05) is 11.6 Å². The fraction of sp³-hybridized carbons (Fsp3) is 0.211. The number of halogens is 1. The normalized spacial score (nSPS) is 14.8. The summed E-state index contributed by atoms with van der Waals surface area (Å²) in [6.07, 6.45) is 1.37. The number of carbonyl (C=O) groups excluding carboxylic acids is 4. The Kier molecular flexibility index (Phi) is 5.70. The van der Waals surface area contributed by atoms with Gasteiger partial charge in [0.25, 0.3) is 5.91 Å². The van der Waals surface area contributed by atoms with Crippen molar-refractivity contribution in [2.75, 3.05) is 18.5 Å². The zero-order chi connectivity index (χ0) is 20.3. The Labute approximate surface area is 165 Å². The molecule has 0 radical (unpaired) electrons. The van der Waals surface area contributed by atoms with Crippen LogP contribution in [0.25, 0.3) is 0 Å². The lowest BCUT2D eigenvalue weighted by molar-refractivity contribution is -0.141. The molecule has 0 saturated heterocycles. The first kappa shape index (κ1) is 19.5. The van der Waals surface area contributed by atoms with Gasteiger partial charge in [-0.25, -0.2) is 0 Å². The summed E-state index contributed by atoms with van der Waals surface area (Å²) in [6.45, 7) is 0.853. The molecule has 0 bridgehead atoms. The molecular weight excluding hydrogens is 386 g/mol. The number of pyridine rings is 1. The molecule has 0 fully saturated rings. The summed E-state index contributed by atoms with van der Waals surface area (Å²) >= 11 is 5.77. The Morgan fingerprint density at radius 1 is 1.25 bits per heavy atom. The maximum absolute atomic E-state index is 12.2. The van der Waals surface area contributed by atoms with Crippen molar-refractivity contribution < 1.29 is 23.9 Å². The van der Waals surface area contributed by atoms with Gasteiger partial charge in [-0.15, -0.1) is 0 Å². The average Bonchev–Trinajstić information content (AvgIpc) is 2.97. The second kappa shape index (κ2) is 8.18. The number of nitrogens with one attached hydrogen (secondary N) is 2. The van der Waals surface area contributed by atoms with Crippen LogP contribution in [0.5, 0.6) is 0 Å². The van der Waals surface area contributed by atoms with Gasteiger partial charge in [0.1, 0.15) is 12.2 Å². The van der Waals surface area contributed by atoms with E-state index in [2.05, 4.69) is 15.6 Å². The van der Waals surface area contributed by atoms with E-state index in [0.29, 0.717) is 16.3 Å². The summed E-state index contributed by atoms with van der Waals surface area (Å²) in [5.41, 5.74) is 1.79. The van der Waals surface area contributed by atoms with E-state index < -0.39 is 30.8 Å². The van der Waals surface area contributed by atoms with Gasteiger partial charge in [0, 0.05) is 22.5 Å². The van der Waals surface area contributed by atoms with Crippen molar-refractivity contribution in [3.05, 3.63) is 58.4 Å². The van der Waals surface area contributed by atoms with E-state index in [1.165, 1.54) is 18.3 Å². The van der Waals surface area contributed by atoms with Crippen LogP contribution in [-0.4, -0.2) is 41.7 Å². The van der Waals surface area contributed by atoms with Gasteiger partial charge in [0.15, 0.2) is 12.4 Å². The smallest absolute Gasteiger partial charge is 0.325 e. The number of nitrogens with zero attached hydrogens (tertiary/aromatic N) is 1. The second-order valence-corrected chi connectivity index (χ2v) is 6.58. The molecule has 0 spiro atoms. The molecule has 1 aromatic heterocycles. The number of aromatic nitrogens is 1. The van der Waals surface area contributed by atoms with E-state index in [4.69, 9.17) is 16.3 Å². The number of hydrogen-bond donors (Lipinski definition) is 2. The molecule has 2 heterocycles. The number of ether oxygens (including phenoxy) is 1. The van der Waals surface area contributed by atoms with E-state index in [1.807, 2.05) is 0 Å². The molecule has 8 nitrogen and oxygen atoms in total. The Morgan fingerprint density at radius 2 is 2.04 bits per heavy atom. The van der Waals surface area contributed by atoms with Gasteiger partial charge < -0.3 is 15.4 Å². The number of Topliss-reactive ketones (excluding diaryl/α,β-unsaturated/α-hetero) is 1. The topological polar surface area (TPSA) is 114 Å². The van der Waals surface area contributed by atoms with Crippen LogP contribution in [0.1, 0.15) is 39.3 Å². The molecule has 0 saturated carbocycles. The van der Waals surface area contributed by atoms with Gasteiger partial charge >= 0.3 is 5.97 Å². The van der Waals surface area contributed by atoms with Crippen molar-refractivity contribution >= 4 is 40.9 Å². The summed E-state index contributed by atoms with van der Waals surface area (Å²) in [7, 11) is 0. The Balaban J connectivity index is 1.50. The quantitative estimate of drug-likeness (QED) is 0.564. The standard InChI is InChI=1S/C19H16ClN3O5/c1-10-13-6-11(2-3-14(13)23-18(10)26)16(24)9-28-17(25)8-22-19(27)15-7-12(20)4-5-21-15/h2-7,10H,8-9H2,1H3,(H,22,27)(H,23,26)/t10-/m1/s1. The maximum atomic E-state index is 12.2. The summed E-state index contributed by atoms with van der Waals surface area (Å²) in [5.74, 6) is -2.24. The number of amides is 2. The highest BCUT2D eigenvalue weighted by molar-refractivity contribution is 6.30. The molecule has 1 aromatic carbocycles. The molecular formula is C19H16ClN3O5. The number of esters is 1. The first-order valence-electron chi connectivity index (χ1n) is 8.38. The Bertz CT molecular complexity index is 976. The summed E-state index contributed by atoms with van der Waals surface area (Å²) < 4.78 is 4.90. The third-order valence-corrected chi connectivity index (χ3v) is 4.44. The number of ketones is 1. The lowest BCUT2D eigenvalue weighted by atomic mass is 9.99. The summed E-state index contributed by atoms with van der Waals surface area (Å²) in [4.78, 5) is 51.4. The molecule has 1 atom stereocenters. The Morgan fingerprint density at radius 3 is 2.79 bits per heavy atom. The fourth-order valence-electron chi connectivity index (χ4n) is 2.64. The van der Waals surface area contributed by atoms with E-state index in [0.717, 1.165) is 5.56 Å². The number of rotatable bonds is 6. The van der Waals surface area contributed by atoms with Crippen molar-refractivity contribution in [2.45, 2.75) is 12.8 Å². The minimum Gasteiger partial charge on any atom is -0.456 e. The van der Waals surface area contributed by atoms with Crippen molar-refractivity contribution in [1.29, 1.82) is 0 Å². The first-order chi connectivity index (χ1) is 13.3. The lowest BCUT2D eigenvalue weighted by Gasteiger charge is -2.08. The van der Waals surface area contributed by atoms with Crippen LogP contribution < -0.4 is 10.6 Å². The molecule has 2 N–H and O–H groups in total. The largest absolute Gasteiger partial charge is 0.456 e. The molecule has 144 valence electrons. The van der Waals surface area contributed by atoms with Crippen molar-refractivity contribution in [3.8, 4) is 0 Å². The molecule has 0 unspecified atom stereocenters. The number of benzene rings is 1. The number of fused-ring (bicyclic) bond motifs is 1. The van der Waals surface area contributed by atoms with Crippen LogP contribution in [0, 0.1) is 0 Å². The second-order valence-electron chi connectivity index (χ2n) is 6.14. The Hall–Kier alpha value is -3.26. The van der Waals surface area contributed by atoms with Crippen molar-refractivity contribution in [2.24, 2.45) is 0 Å². The number of anilines is 1. The SMILES string of the molecule is C[C@H]1C(=O)Nc2ccc(C(=O)COC(=O)CNC(=O)c3cc(Cl)ccn3)cc21. The molecule has 0 aliphatic carbocycles. The fourth-order valence-corrected chi connectivity index (χ4v) is 2.80. The molecule has 2 aromatic rings. The minimum absolute atomic E-state index is 0.0618. The monoisotopic (exact) mass is 401 g/mol. The molecule has 9 heteroatoms. The van der Waals surface area contributed by atoms with Gasteiger partial charge in [0.05, 0.1) is 5.92 Å². The predicted octanol–water partition coefficient (Wildman–Crippen LogP) is 1.95. The minimum atomic E-state index is -0.768. The zero-order valence-corrected chi connectivity index (χ0v) is 15.6. The summed E-state index contributed by atoms with van der Waals surface area (Å²) in [5, 5.41) is 5.40. The highest BCUT2D eigenvalue weighted by atomic mass is 35.5. The lowest BCUT2D eigenvalue weighted by Crippen LogP contribution is -2.32. The molecule has 1 aliphatic rings. The van der Waals surface area contributed by atoms with E-state index in [9.17, 15) is 19.2 Å². The third-order valence-electron chi connectivity index (χ3n) is 4.20. The van der Waals surface area contributed by atoms with Gasteiger partial charge in [0.2, 0.25) is 5.91 Å². The average molecular weight is 402 g/mol. The molecule has 2 amide bonds. The van der Waals surface area contributed by atoms with Crippen molar-refractivity contribution in [1.82, 2.24) is 10.3 Å². The van der Waals surface area contributed by atoms with E-state index in [-0.39, 0.29) is 17.5 Å². The van der Waals surface area contributed by atoms with Crippen LogP contribution >= 0.6 is 11.6 Å². The number of carbonyl (C=O) groups is 4. The van der Waals surface area contributed by atoms with Crippen LogP contribution in [0.4, 0.5) is 5.69 Å². The molecule has 28 heavy (non-hydrogen) atoms. The van der Waals surface area contributed by atoms with Crippen LogP contribution in [0.15, 0.2) is 36.5 Å². The molecule has 3 rings (SSSR count). The first-order valence-corrected chi connectivity index (χ1v) is 8.76. The third kappa shape index (κ3) is 4.34. The van der Waals surface area contributed by atoms with Crippen LogP contribution in [-0.2, 0) is 14.3 Å². The highest BCUT2D eigenvalue weighted by Crippen LogP contribution is 2.32.